The third-order valence-corrected chi connectivity index (χ3v) is 9.94. The highest BCUT2D eigenvalue weighted by Crippen LogP contribution is 2.44. The summed E-state index contributed by atoms with van der Waals surface area (Å²) in [6.45, 7) is 5.76. The summed E-state index contributed by atoms with van der Waals surface area (Å²) >= 11 is 0. The van der Waals surface area contributed by atoms with Gasteiger partial charge in [0.25, 0.3) is 6.29 Å². The third kappa shape index (κ3) is 6.58. The molecule has 3 atom stereocenters. The van der Waals surface area contributed by atoms with E-state index in [2.05, 4.69) is 23.6 Å². The highest BCUT2D eigenvalue weighted by Gasteiger charge is 2.68. The van der Waals surface area contributed by atoms with E-state index in [1.807, 2.05) is 7.05 Å². The average Bonchev–Trinajstić information content (AvgIpc) is 3.13. The molecule has 1 amide bonds. The van der Waals surface area contributed by atoms with Crippen molar-refractivity contribution >= 4 is 15.7 Å². The van der Waals surface area contributed by atoms with E-state index in [1.54, 1.807) is 12.6 Å². The van der Waals surface area contributed by atoms with Gasteiger partial charge in [0.15, 0.2) is 9.84 Å². The number of methoxy groups -OCH3 is 1. The lowest BCUT2D eigenvalue weighted by atomic mass is 9.88. The van der Waals surface area contributed by atoms with Gasteiger partial charge < -0.3 is 15.0 Å². The Balaban J connectivity index is 1.37. The largest absolute Gasteiger partial charge is 0.503 e. The Morgan fingerprint density at radius 3 is 2.49 bits per heavy atom. The van der Waals surface area contributed by atoms with Crippen LogP contribution in [0.5, 0.6) is 0 Å². The van der Waals surface area contributed by atoms with Crippen molar-refractivity contribution in [2.45, 2.75) is 82.9 Å². The maximum absolute atomic E-state index is 12.7. The molecule has 4 aliphatic rings. The van der Waals surface area contributed by atoms with E-state index in [0.29, 0.717) is 51.0 Å². The van der Waals surface area contributed by atoms with Crippen LogP contribution in [-0.4, -0.2) is 104 Å². The maximum atomic E-state index is 12.7. The molecule has 0 aromatic carbocycles. The van der Waals surface area contributed by atoms with Crippen LogP contribution >= 0.6 is 0 Å². The first-order valence-electron chi connectivity index (χ1n) is 12.7. The highest BCUT2D eigenvalue weighted by molar-refractivity contribution is 7.91. The number of nitrogens with zero attached hydrogens (tertiary/aromatic N) is 4. The molecule has 3 aliphatic heterocycles. The topological polar surface area (TPSA) is 134 Å². The predicted octanol–water partition coefficient (Wildman–Crippen LogP) is 1.60. The van der Waals surface area contributed by atoms with Gasteiger partial charge in [-0.1, -0.05) is 0 Å². The molecule has 12 heteroatoms. The number of carbonyl (C=O) groups excluding carboxylic acids is 1. The van der Waals surface area contributed by atoms with E-state index in [4.69, 9.17) is 14.7 Å². The van der Waals surface area contributed by atoms with Crippen molar-refractivity contribution in [3.63, 3.8) is 0 Å². The van der Waals surface area contributed by atoms with Crippen LogP contribution in [0.3, 0.4) is 0 Å². The van der Waals surface area contributed by atoms with Crippen molar-refractivity contribution in [3.8, 4) is 0 Å². The Morgan fingerprint density at radius 1 is 1.26 bits per heavy atom. The molecule has 2 N–H and O–H groups in total. The molecule has 1 saturated carbocycles. The number of hydrogen-bond acceptors (Lipinski definition) is 8. The van der Waals surface area contributed by atoms with Crippen LogP contribution in [-0.2, 0) is 24.1 Å². The number of hydrogen-bond donors (Lipinski definition) is 2. The maximum Gasteiger partial charge on any atom is 0.266 e. The molecular formula is C23H43N5O6S. The van der Waals surface area contributed by atoms with Crippen LogP contribution < -0.4 is 5.48 Å². The second-order valence-corrected chi connectivity index (χ2v) is 13.1. The van der Waals surface area contributed by atoms with Crippen molar-refractivity contribution in [2.75, 3.05) is 45.4 Å². The molecule has 3 saturated heterocycles. The molecular weight excluding hydrogens is 474 g/mol. The van der Waals surface area contributed by atoms with Gasteiger partial charge in [-0.05, 0) is 71.8 Å². The van der Waals surface area contributed by atoms with Crippen LogP contribution in [0, 0.1) is 11.8 Å². The van der Waals surface area contributed by atoms with Gasteiger partial charge in [-0.25, -0.2) is 18.8 Å². The smallest absolute Gasteiger partial charge is 0.266 e. The Labute approximate surface area is 209 Å². The number of rotatable bonds is 14. The van der Waals surface area contributed by atoms with E-state index in [-0.39, 0.29) is 29.5 Å². The van der Waals surface area contributed by atoms with E-state index in [1.165, 1.54) is 4.70 Å². The van der Waals surface area contributed by atoms with Gasteiger partial charge in [0.2, 0.25) is 12.1 Å². The monoisotopic (exact) mass is 517 g/mol. The van der Waals surface area contributed by atoms with Crippen LogP contribution in [0.1, 0.15) is 58.8 Å². The molecule has 4 fully saturated rings. The molecule has 202 valence electrons. The molecule has 2 bridgehead atoms. The second-order valence-electron chi connectivity index (χ2n) is 10.8. The Hall–Kier alpha value is -1.18. The van der Waals surface area contributed by atoms with Gasteiger partial charge in [-0.15, -0.1) is 0 Å². The standard InChI is InChI=1S/C23H43N5O6S/c1-23(2)21-27(22(26(23)3)28(21)24)12-5-7-18(20(29)25-30)16-35(31,32)14-6-13-34-15-17-8-10-19(33-4)11-9-17/h17-19,21-22,30H,5-16H2,1-4H3,(H,25,29). The van der Waals surface area contributed by atoms with Crippen LogP contribution in [0.4, 0.5) is 0 Å². The number of fused-ring (bicyclic) bond motifs is 1. The lowest BCUT2D eigenvalue weighted by Gasteiger charge is -2.39. The van der Waals surface area contributed by atoms with Crippen LogP contribution in [0.2, 0.25) is 0 Å². The minimum Gasteiger partial charge on any atom is -0.503 e. The SMILES string of the molecule is COC1CCC(COCCCS(=O)(=O)CC(CCCN2C3N(C)C(C)(C)C2[N+]3=[N-])C(=O)NO)CC1. The number of sulfone groups is 1. The van der Waals surface area contributed by atoms with Gasteiger partial charge in [-0.2, -0.15) is 4.90 Å². The quantitative estimate of drug-likeness (QED) is 0.154. The zero-order valence-electron chi connectivity index (χ0n) is 21.6. The van der Waals surface area contributed by atoms with E-state index in [9.17, 15) is 18.7 Å². The first-order valence-corrected chi connectivity index (χ1v) is 14.5. The first-order chi connectivity index (χ1) is 16.5. The Bertz CT molecular complexity index is 845. The predicted molar refractivity (Wildman–Crippen MR) is 129 cm³/mol. The number of nitrogens with one attached hydrogen (secondary N) is 1. The van der Waals surface area contributed by atoms with E-state index in [0.717, 1.165) is 25.7 Å². The summed E-state index contributed by atoms with van der Waals surface area (Å²) in [4.78, 5) is 16.4. The summed E-state index contributed by atoms with van der Waals surface area (Å²) in [6.07, 6.45) is 5.51. The number of amides is 1. The highest BCUT2D eigenvalue weighted by atomic mass is 32.2. The second kappa shape index (κ2) is 11.9. The number of carbonyl (C=O) groups is 1. The fraction of sp³-hybridized carbons (Fsp3) is 0.957. The minimum absolute atomic E-state index is 0.0483. The first kappa shape index (κ1) is 28.4. The molecule has 0 radical (unpaired) electrons. The Kier molecular flexibility index (Phi) is 9.66. The minimum atomic E-state index is -3.48. The number of ether oxygens (including phenoxy) is 2. The summed E-state index contributed by atoms with van der Waals surface area (Å²) < 4.78 is 37.7. The number of likely N-dealkylation sites (N-methyl/N-ethyl adjacent to an activating group) is 1. The van der Waals surface area contributed by atoms with Crippen LogP contribution in [0.25, 0.3) is 5.53 Å². The molecule has 0 aromatic heterocycles. The molecule has 3 heterocycles. The summed E-state index contributed by atoms with van der Waals surface area (Å²) in [5, 5.41) is 9.12. The molecule has 11 nitrogen and oxygen atoms in total. The number of hydroxylamine groups is 1. The molecule has 1 aliphatic carbocycles. The van der Waals surface area contributed by atoms with Crippen LogP contribution in [0.15, 0.2) is 0 Å². The van der Waals surface area contributed by atoms with Gasteiger partial charge in [0.05, 0.1) is 29.1 Å². The van der Waals surface area contributed by atoms with Gasteiger partial charge >= 0.3 is 0 Å². The lowest BCUT2D eigenvalue weighted by Crippen LogP contribution is -2.62. The average molecular weight is 518 g/mol. The van der Waals surface area contributed by atoms with Crippen molar-refractivity contribution in [1.82, 2.24) is 15.3 Å². The Morgan fingerprint density at radius 2 is 1.94 bits per heavy atom. The van der Waals surface area contributed by atoms with Crippen molar-refractivity contribution < 1.29 is 32.6 Å². The van der Waals surface area contributed by atoms with Gasteiger partial charge in [0, 0.05) is 26.9 Å². The van der Waals surface area contributed by atoms with Gasteiger partial charge in [0.1, 0.15) is 0 Å². The molecule has 3 unspecified atom stereocenters. The molecule has 35 heavy (non-hydrogen) atoms. The zero-order valence-corrected chi connectivity index (χ0v) is 22.4. The van der Waals surface area contributed by atoms with E-state index < -0.39 is 21.7 Å². The summed E-state index contributed by atoms with van der Waals surface area (Å²) in [5.74, 6) is -1.35. The summed E-state index contributed by atoms with van der Waals surface area (Å²) in [6, 6.07) is 0. The normalized spacial score (nSPS) is 29.7. The fourth-order valence-corrected chi connectivity index (χ4v) is 7.45. The van der Waals surface area contributed by atoms with Crippen molar-refractivity contribution in [3.05, 3.63) is 5.53 Å². The van der Waals surface area contributed by atoms with Crippen molar-refractivity contribution in [1.29, 1.82) is 0 Å². The molecule has 0 aromatic rings. The zero-order chi connectivity index (χ0) is 25.8. The fourth-order valence-electron chi connectivity index (χ4n) is 5.79. The molecule has 0 spiro atoms. The van der Waals surface area contributed by atoms with E-state index >= 15 is 0 Å². The lowest BCUT2D eigenvalue weighted by molar-refractivity contribution is -0.733. The summed E-state index contributed by atoms with van der Waals surface area (Å²) in [5.41, 5.74) is 11.6. The van der Waals surface area contributed by atoms with Crippen molar-refractivity contribution in [2.24, 2.45) is 11.8 Å². The molecule has 4 rings (SSSR count). The van der Waals surface area contributed by atoms with Gasteiger partial charge in [-0.3, -0.25) is 14.7 Å². The third-order valence-electron chi connectivity index (χ3n) is 8.11. The summed E-state index contributed by atoms with van der Waals surface area (Å²) in [7, 11) is 0.224.